The number of hydrogen-bond acceptors (Lipinski definition) is 0. The van der Waals surface area contributed by atoms with Crippen LogP contribution >= 0.6 is 11.6 Å². The second kappa shape index (κ2) is 5.27. The Bertz CT molecular complexity index is 316. The third kappa shape index (κ3) is 3.46. The van der Waals surface area contributed by atoms with Crippen LogP contribution in [0.4, 0.5) is 21.7 Å². The van der Waals surface area contributed by atoms with E-state index in [0.29, 0.717) is 0 Å². The second-order valence-electron chi connectivity index (χ2n) is 2.37. The number of rotatable bonds is 1. The minimum Gasteiger partial charge on any atom is -0.445 e. The molecule has 0 fully saturated rings. The maximum Gasteiger partial charge on any atom is 1.00 e. The Morgan fingerprint density at radius 1 is 1.00 bits per heavy atom. The van der Waals surface area contributed by atoms with Crippen LogP contribution < -0.4 is 56.8 Å². The second-order valence-corrected chi connectivity index (χ2v) is 2.75. The van der Waals surface area contributed by atoms with E-state index in [4.69, 9.17) is 11.6 Å². The maximum atomic E-state index is 12.5. The molecule has 72 valence electrons. The Morgan fingerprint density at radius 3 is 1.64 bits per heavy atom. The summed E-state index contributed by atoms with van der Waals surface area (Å²) < 4.78 is 60.9. The van der Waals surface area contributed by atoms with Crippen molar-refractivity contribution in [2.75, 3.05) is 0 Å². The normalized spacial score (nSPS) is 11.0. The van der Waals surface area contributed by atoms with Gasteiger partial charge in [0.15, 0.2) is 0 Å². The number of halogens is 6. The standard InChI is InChI=1S/C6H2BClF5.K/c8-6-4(9)1-3(2-5(6)10)7(11,12)13;/h1-2H;/q-1;+1. The molecule has 0 aromatic heterocycles. The van der Waals surface area contributed by atoms with Crippen LogP contribution in [0.2, 0.25) is 5.02 Å². The molecule has 14 heavy (non-hydrogen) atoms. The molecule has 0 saturated carbocycles. The molecule has 0 unspecified atom stereocenters. The first-order valence-corrected chi connectivity index (χ1v) is 3.54. The minimum absolute atomic E-state index is 0. The topological polar surface area (TPSA) is 0 Å². The minimum atomic E-state index is -5.40. The molecule has 0 aliphatic rings. The smallest absolute Gasteiger partial charge is 0.445 e. The number of hydrogen-bond donors (Lipinski definition) is 0. The van der Waals surface area contributed by atoms with Crippen molar-refractivity contribution in [3.05, 3.63) is 28.8 Å². The Kier molecular flexibility index (Phi) is 5.59. The molecule has 0 N–H and O–H groups in total. The van der Waals surface area contributed by atoms with Crippen LogP contribution in [0, 0.1) is 11.6 Å². The molecule has 0 aliphatic heterocycles. The monoisotopic (exact) mass is 254 g/mol. The molecule has 1 aromatic carbocycles. The van der Waals surface area contributed by atoms with Crippen molar-refractivity contribution in [1.29, 1.82) is 0 Å². The fraction of sp³-hybridized carbons (Fsp3) is 0. The molecule has 0 aliphatic carbocycles. The molecule has 0 bridgehead atoms. The first kappa shape index (κ1) is 14.9. The quantitative estimate of drug-likeness (QED) is 0.366. The van der Waals surface area contributed by atoms with Gasteiger partial charge in [0, 0.05) is 0 Å². The maximum absolute atomic E-state index is 12.5. The van der Waals surface area contributed by atoms with Crippen LogP contribution in [0.15, 0.2) is 12.1 Å². The van der Waals surface area contributed by atoms with Crippen molar-refractivity contribution >= 4 is 24.0 Å². The van der Waals surface area contributed by atoms with Crippen LogP contribution in [-0.2, 0) is 0 Å². The van der Waals surface area contributed by atoms with Crippen molar-refractivity contribution < 1.29 is 73.1 Å². The largest absolute Gasteiger partial charge is 1.00 e. The first-order valence-electron chi connectivity index (χ1n) is 3.16. The van der Waals surface area contributed by atoms with Gasteiger partial charge < -0.3 is 12.9 Å². The fourth-order valence-corrected chi connectivity index (χ4v) is 0.873. The van der Waals surface area contributed by atoms with Crippen molar-refractivity contribution in [1.82, 2.24) is 0 Å². The van der Waals surface area contributed by atoms with Crippen molar-refractivity contribution in [2.24, 2.45) is 0 Å². The molecule has 0 nitrogen and oxygen atoms in total. The molecule has 8 heteroatoms. The van der Waals surface area contributed by atoms with Gasteiger partial charge in [0.2, 0.25) is 0 Å². The fourth-order valence-electron chi connectivity index (χ4n) is 0.764. The molecule has 0 radical (unpaired) electrons. The van der Waals surface area contributed by atoms with Gasteiger partial charge in [0.25, 0.3) is 0 Å². The Balaban J connectivity index is 0.00000169. The predicted octanol–water partition coefficient (Wildman–Crippen LogP) is -0.323. The van der Waals surface area contributed by atoms with E-state index >= 15 is 0 Å². The summed E-state index contributed by atoms with van der Waals surface area (Å²) in [7, 11) is 0. The molecule has 1 rings (SSSR count). The van der Waals surface area contributed by atoms with E-state index in [-0.39, 0.29) is 63.5 Å². The zero-order valence-electron chi connectivity index (χ0n) is 7.00. The summed E-state index contributed by atoms with van der Waals surface area (Å²) in [5, 5.41) is -0.927. The van der Waals surface area contributed by atoms with E-state index in [1.54, 1.807) is 0 Å². The number of benzene rings is 1. The summed E-state index contributed by atoms with van der Waals surface area (Å²) in [4.78, 5) is 0. The van der Waals surface area contributed by atoms with E-state index in [1.807, 2.05) is 0 Å². The summed E-state index contributed by atoms with van der Waals surface area (Å²) in [6.45, 7) is -5.40. The Morgan fingerprint density at radius 2 is 1.36 bits per heavy atom. The van der Waals surface area contributed by atoms with Gasteiger partial charge in [-0.15, -0.1) is 5.46 Å². The van der Waals surface area contributed by atoms with E-state index < -0.39 is 29.1 Å². The van der Waals surface area contributed by atoms with Crippen LogP contribution in [0.5, 0.6) is 0 Å². The SMILES string of the molecule is Fc1cc([B-](F)(F)F)cc(F)c1Cl.[K+]. The summed E-state index contributed by atoms with van der Waals surface area (Å²) in [6, 6.07) is 0.344. The summed E-state index contributed by atoms with van der Waals surface area (Å²) in [5.74, 6) is -2.81. The average molecular weight is 254 g/mol. The predicted molar refractivity (Wildman–Crippen MR) is 40.1 cm³/mol. The summed E-state index contributed by atoms with van der Waals surface area (Å²) >= 11 is 4.99. The zero-order valence-corrected chi connectivity index (χ0v) is 10.9. The average Bonchev–Trinajstić information content (AvgIpc) is 1.97. The molecule has 0 saturated heterocycles. The van der Waals surface area contributed by atoms with Crippen LogP contribution in [-0.4, -0.2) is 6.98 Å². The third-order valence-corrected chi connectivity index (χ3v) is 1.75. The Labute approximate surface area is 124 Å². The van der Waals surface area contributed by atoms with Gasteiger partial charge in [-0.3, -0.25) is 0 Å². The zero-order chi connectivity index (χ0) is 10.2. The third-order valence-electron chi connectivity index (χ3n) is 1.38. The molecule has 0 spiro atoms. The van der Waals surface area contributed by atoms with Gasteiger partial charge in [-0.05, 0) is 0 Å². The molecule has 0 atom stereocenters. The van der Waals surface area contributed by atoms with Gasteiger partial charge >= 0.3 is 58.4 Å². The van der Waals surface area contributed by atoms with Crippen molar-refractivity contribution in [3.8, 4) is 0 Å². The molecular weight excluding hydrogens is 252 g/mol. The molecule has 0 amide bonds. The van der Waals surface area contributed by atoms with Gasteiger partial charge in [0.05, 0.1) is 0 Å². The Hall–Kier alpha value is 0.861. The summed E-state index contributed by atoms with van der Waals surface area (Å²) in [6.07, 6.45) is 0. The molecule has 1 aromatic rings. The van der Waals surface area contributed by atoms with E-state index in [0.717, 1.165) is 0 Å². The molecule has 0 heterocycles. The van der Waals surface area contributed by atoms with E-state index in [9.17, 15) is 21.7 Å². The van der Waals surface area contributed by atoms with E-state index in [2.05, 4.69) is 0 Å². The van der Waals surface area contributed by atoms with Crippen LogP contribution in [0.3, 0.4) is 0 Å². The van der Waals surface area contributed by atoms with Crippen molar-refractivity contribution in [3.63, 3.8) is 0 Å². The van der Waals surface area contributed by atoms with Gasteiger partial charge in [-0.25, -0.2) is 8.78 Å². The van der Waals surface area contributed by atoms with Gasteiger partial charge in [-0.2, -0.15) is 0 Å². The van der Waals surface area contributed by atoms with Crippen LogP contribution in [0.25, 0.3) is 0 Å². The van der Waals surface area contributed by atoms with E-state index in [1.165, 1.54) is 0 Å². The van der Waals surface area contributed by atoms with Crippen LogP contribution in [0.1, 0.15) is 0 Å². The van der Waals surface area contributed by atoms with Gasteiger partial charge in [-0.1, -0.05) is 23.7 Å². The summed E-state index contributed by atoms with van der Waals surface area (Å²) in [5.41, 5.74) is -1.33. The van der Waals surface area contributed by atoms with Crippen molar-refractivity contribution in [2.45, 2.75) is 0 Å². The van der Waals surface area contributed by atoms with Gasteiger partial charge in [0.1, 0.15) is 16.7 Å². The first-order chi connectivity index (χ1) is 5.82. The molecular formula is C6H2BClF5K.